The average molecular weight is 378 g/mol. The lowest BCUT2D eigenvalue weighted by Gasteiger charge is -2.19. The SMILES string of the molecule is O=C(O)CN(CC(=O)O)C(=O)Nc1ccc(I)cc1. The van der Waals surface area contributed by atoms with Crippen molar-refractivity contribution in [1.29, 1.82) is 0 Å². The molecule has 1 aromatic rings. The van der Waals surface area contributed by atoms with Gasteiger partial charge in [-0.1, -0.05) is 0 Å². The number of nitrogens with zero attached hydrogens (tertiary/aromatic N) is 1. The third-order valence-corrected chi connectivity index (χ3v) is 2.75. The van der Waals surface area contributed by atoms with Gasteiger partial charge >= 0.3 is 18.0 Å². The summed E-state index contributed by atoms with van der Waals surface area (Å²) in [6, 6.07) is 6.02. The van der Waals surface area contributed by atoms with Gasteiger partial charge in [-0.05, 0) is 46.9 Å². The van der Waals surface area contributed by atoms with Gasteiger partial charge in [-0.15, -0.1) is 0 Å². The van der Waals surface area contributed by atoms with Crippen LogP contribution >= 0.6 is 22.6 Å². The van der Waals surface area contributed by atoms with Gasteiger partial charge in [0, 0.05) is 9.26 Å². The Morgan fingerprint density at radius 2 is 1.53 bits per heavy atom. The third-order valence-electron chi connectivity index (χ3n) is 2.03. The molecule has 0 atom stereocenters. The Morgan fingerprint density at radius 3 is 1.95 bits per heavy atom. The first kappa shape index (κ1) is 15.2. The molecule has 102 valence electrons. The maximum Gasteiger partial charge on any atom is 0.323 e. The van der Waals surface area contributed by atoms with Gasteiger partial charge in [-0.2, -0.15) is 0 Å². The number of carboxylic acids is 2. The molecule has 0 saturated carbocycles. The lowest BCUT2D eigenvalue weighted by molar-refractivity contribution is -0.140. The number of anilines is 1. The molecule has 1 rings (SSSR count). The number of halogens is 1. The van der Waals surface area contributed by atoms with Crippen molar-refractivity contribution >= 4 is 46.2 Å². The Labute approximate surface area is 122 Å². The number of carbonyl (C=O) groups excluding carboxylic acids is 1. The molecule has 7 nitrogen and oxygen atoms in total. The third kappa shape index (κ3) is 5.55. The fourth-order valence-corrected chi connectivity index (χ4v) is 1.62. The first-order valence-electron chi connectivity index (χ1n) is 5.13. The minimum absolute atomic E-state index is 0.464. The number of benzene rings is 1. The summed E-state index contributed by atoms with van der Waals surface area (Å²) in [5.41, 5.74) is 0.464. The Hall–Kier alpha value is -1.84. The van der Waals surface area contributed by atoms with Crippen LogP contribution in [0.3, 0.4) is 0 Å². The lowest BCUT2D eigenvalue weighted by atomic mass is 10.3. The summed E-state index contributed by atoms with van der Waals surface area (Å²) in [7, 11) is 0. The summed E-state index contributed by atoms with van der Waals surface area (Å²) in [6.07, 6.45) is 0. The summed E-state index contributed by atoms with van der Waals surface area (Å²) < 4.78 is 0.975. The monoisotopic (exact) mass is 378 g/mol. The Bertz CT molecular complexity index is 472. The van der Waals surface area contributed by atoms with Crippen LogP contribution in [0.25, 0.3) is 0 Å². The van der Waals surface area contributed by atoms with Gasteiger partial charge in [0.05, 0.1) is 0 Å². The molecule has 0 spiro atoms. The molecule has 3 N–H and O–H groups in total. The van der Waals surface area contributed by atoms with Crippen molar-refractivity contribution in [3.63, 3.8) is 0 Å². The highest BCUT2D eigenvalue weighted by molar-refractivity contribution is 14.1. The van der Waals surface area contributed by atoms with Crippen LogP contribution in [0.2, 0.25) is 0 Å². The molecule has 1 aromatic carbocycles. The van der Waals surface area contributed by atoms with Gasteiger partial charge in [0.2, 0.25) is 0 Å². The molecule has 0 aliphatic rings. The van der Waals surface area contributed by atoms with E-state index in [0.717, 1.165) is 3.57 Å². The van der Waals surface area contributed by atoms with Gasteiger partial charge < -0.3 is 20.4 Å². The number of nitrogens with one attached hydrogen (secondary N) is 1. The fourth-order valence-electron chi connectivity index (χ4n) is 1.26. The fraction of sp³-hybridized carbons (Fsp3) is 0.182. The molecule has 0 fully saturated rings. The van der Waals surface area contributed by atoms with Crippen molar-refractivity contribution in [3.05, 3.63) is 27.8 Å². The highest BCUT2D eigenvalue weighted by Gasteiger charge is 2.19. The molecule has 0 aromatic heterocycles. The standard InChI is InChI=1S/C11H11IN2O5/c12-7-1-3-8(4-2-7)13-11(19)14(5-9(15)16)6-10(17)18/h1-4H,5-6H2,(H,13,19)(H,15,16)(H,17,18). The van der Waals surface area contributed by atoms with E-state index >= 15 is 0 Å². The van der Waals surface area contributed by atoms with Gasteiger partial charge in [0.1, 0.15) is 13.1 Å². The summed E-state index contributed by atoms with van der Waals surface area (Å²) in [4.78, 5) is 33.6. The van der Waals surface area contributed by atoms with Crippen molar-refractivity contribution in [1.82, 2.24) is 4.90 Å². The maximum atomic E-state index is 11.8. The Balaban J connectivity index is 2.73. The summed E-state index contributed by atoms with van der Waals surface area (Å²) in [5.74, 6) is -2.56. The number of amides is 2. The number of hydrogen-bond acceptors (Lipinski definition) is 3. The van der Waals surface area contributed by atoms with E-state index in [1.54, 1.807) is 24.3 Å². The van der Waals surface area contributed by atoms with Crippen molar-refractivity contribution in [3.8, 4) is 0 Å². The second kappa shape index (κ2) is 6.92. The van der Waals surface area contributed by atoms with E-state index in [4.69, 9.17) is 10.2 Å². The van der Waals surface area contributed by atoms with Gasteiger partial charge in [-0.3, -0.25) is 9.59 Å². The molecule has 0 aliphatic heterocycles. The molecule has 0 heterocycles. The molecule has 0 bridgehead atoms. The Morgan fingerprint density at radius 1 is 1.05 bits per heavy atom. The molecular weight excluding hydrogens is 367 g/mol. The quantitative estimate of drug-likeness (QED) is 0.670. The average Bonchev–Trinajstić information content (AvgIpc) is 2.30. The lowest BCUT2D eigenvalue weighted by Crippen LogP contribution is -2.41. The molecular formula is C11H11IN2O5. The number of urea groups is 1. The topological polar surface area (TPSA) is 107 Å². The van der Waals surface area contributed by atoms with Crippen LogP contribution in [0.4, 0.5) is 10.5 Å². The number of carboxylic acid groups (broad SMARTS) is 2. The molecule has 0 aliphatic carbocycles. The van der Waals surface area contributed by atoms with Crippen LogP contribution in [-0.4, -0.2) is 46.2 Å². The molecule has 0 saturated heterocycles. The second-order valence-corrected chi connectivity index (χ2v) is 4.83. The van der Waals surface area contributed by atoms with Crippen LogP contribution in [0.15, 0.2) is 24.3 Å². The number of hydrogen-bond donors (Lipinski definition) is 3. The number of carbonyl (C=O) groups is 3. The summed E-state index contributed by atoms with van der Waals surface area (Å²) >= 11 is 2.10. The first-order chi connectivity index (χ1) is 8.88. The van der Waals surface area contributed by atoms with Crippen molar-refractivity contribution in [2.75, 3.05) is 18.4 Å². The molecule has 8 heteroatoms. The zero-order chi connectivity index (χ0) is 14.4. The van der Waals surface area contributed by atoms with Crippen LogP contribution in [0.1, 0.15) is 0 Å². The number of rotatable bonds is 5. The van der Waals surface area contributed by atoms with Crippen LogP contribution < -0.4 is 5.32 Å². The van der Waals surface area contributed by atoms with E-state index in [1.807, 2.05) is 0 Å². The highest BCUT2D eigenvalue weighted by Crippen LogP contribution is 2.11. The first-order valence-corrected chi connectivity index (χ1v) is 6.21. The van der Waals surface area contributed by atoms with Crippen molar-refractivity contribution < 1.29 is 24.6 Å². The van der Waals surface area contributed by atoms with Crippen molar-refractivity contribution in [2.24, 2.45) is 0 Å². The zero-order valence-electron chi connectivity index (χ0n) is 9.67. The molecule has 2 amide bonds. The smallest absolute Gasteiger partial charge is 0.323 e. The van der Waals surface area contributed by atoms with E-state index in [9.17, 15) is 14.4 Å². The van der Waals surface area contributed by atoms with E-state index in [0.29, 0.717) is 10.6 Å². The summed E-state index contributed by atoms with van der Waals surface area (Å²) in [5, 5.41) is 19.7. The van der Waals surface area contributed by atoms with Gasteiger partial charge in [-0.25, -0.2) is 4.79 Å². The van der Waals surface area contributed by atoms with Gasteiger partial charge in [0.15, 0.2) is 0 Å². The normalized spacial score (nSPS) is 9.74. The molecule has 19 heavy (non-hydrogen) atoms. The predicted molar refractivity (Wildman–Crippen MR) is 75.0 cm³/mol. The van der Waals surface area contributed by atoms with Crippen LogP contribution in [-0.2, 0) is 9.59 Å². The molecule has 0 radical (unpaired) electrons. The van der Waals surface area contributed by atoms with E-state index in [-0.39, 0.29) is 0 Å². The van der Waals surface area contributed by atoms with E-state index < -0.39 is 31.1 Å². The highest BCUT2D eigenvalue weighted by atomic mass is 127. The molecule has 0 unspecified atom stereocenters. The van der Waals surface area contributed by atoms with Crippen molar-refractivity contribution in [2.45, 2.75) is 0 Å². The second-order valence-electron chi connectivity index (χ2n) is 3.58. The Kier molecular flexibility index (Phi) is 5.55. The summed E-state index contributed by atoms with van der Waals surface area (Å²) in [6.45, 7) is -1.36. The minimum atomic E-state index is -1.28. The number of aliphatic carboxylic acids is 2. The predicted octanol–water partition coefficient (Wildman–Crippen LogP) is 1.29. The minimum Gasteiger partial charge on any atom is -0.480 e. The maximum absolute atomic E-state index is 11.8. The van der Waals surface area contributed by atoms with Crippen LogP contribution in [0.5, 0.6) is 0 Å². The van der Waals surface area contributed by atoms with Crippen LogP contribution in [0, 0.1) is 3.57 Å². The van der Waals surface area contributed by atoms with Gasteiger partial charge in [0.25, 0.3) is 0 Å². The zero-order valence-corrected chi connectivity index (χ0v) is 11.8. The van der Waals surface area contributed by atoms with E-state index in [2.05, 4.69) is 27.9 Å². The largest absolute Gasteiger partial charge is 0.480 e. The van der Waals surface area contributed by atoms with E-state index in [1.165, 1.54) is 0 Å².